The van der Waals surface area contributed by atoms with Gasteiger partial charge in [-0.05, 0) is 89.6 Å². The molecule has 7 atom stereocenters. The summed E-state index contributed by atoms with van der Waals surface area (Å²) in [5.74, 6) is 9.84. The lowest BCUT2D eigenvalue weighted by molar-refractivity contribution is -0.155. The van der Waals surface area contributed by atoms with Crippen LogP contribution in [0, 0.1) is 44.4 Å². The highest BCUT2D eigenvalue weighted by atomic mass is 16.7. The van der Waals surface area contributed by atoms with Crippen molar-refractivity contribution in [3.63, 3.8) is 0 Å². The number of fused-ring (bicyclic) bond motifs is 8. The molecule has 1 amide bonds. The quantitative estimate of drug-likeness (QED) is 0.427. The summed E-state index contributed by atoms with van der Waals surface area (Å²) in [6.07, 6.45) is 2.33. The Bertz CT molecular complexity index is 1690. The lowest BCUT2D eigenvalue weighted by Crippen LogP contribution is -2.77. The van der Waals surface area contributed by atoms with E-state index in [0.717, 1.165) is 52.5 Å². The molecule has 1 fully saturated rings. The van der Waals surface area contributed by atoms with Crippen LogP contribution < -0.4 is 24.3 Å². The van der Waals surface area contributed by atoms with E-state index in [1.807, 2.05) is 6.92 Å². The molecule has 1 N–H and O–H groups in total. The van der Waals surface area contributed by atoms with Crippen molar-refractivity contribution in [2.24, 2.45) is 11.8 Å². The minimum absolute atomic E-state index is 0.0586. The molecule has 0 saturated carbocycles. The van der Waals surface area contributed by atoms with Crippen LogP contribution in [-0.4, -0.2) is 67.4 Å². The maximum atomic E-state index is 13.8. The minimum Gasteiger partial charge on any atom is -0.496 e. The molecular formula is C38H49N3O5. The normalized spacial score (nSPS) is 33.4. The van der Waals surface area contributed by atoms with E-state index in [0.29, 0.717) is 13.0 Å². The fraction of sp³-hybridized carbons (Fsp3) is 0.605. The standard InChI is InChI=1S/C38H49N3O5/c1-20-13-11-12-14-44-33-24(5)34-35(46-19-45-34)30-27(33)16-28-31-29-23(4)32(43-10)21(2)15-26(29)17-37(7,40(31)9)25(6)41(28)38(30,8)18-39-36(42)22(20)3/h15,20,22,25,28,31H,13-14,16-19H2,1-10H3,(H,39,42)/t20?,22?,25?,28?,31-,37-,38-/m0/s1. The predicted molar refractivity (Wildman–Crippen MR) is 178 cm³/mol. The molecule has 8 heteroatoms. The van der Waals surface area contributed by atoms with Crippen LogP contribution >= 0.6 is 0 Å². The third kappa shape index (κ3) is 4.17. The van der Waals surface area contributed by atoms with Crippen LogP contribution in [0.2, 0.25) is 0 Å². The number of piperazine rings is 1. The Hall–Kier alpha value is -3.41. The van der Waals surface area contributed by atoms with Gasteiger partial charge in [-0.25, -0.2) is 0 Å². The van der Waals surface area contributed by atoms with Gasteiger partial charge in [-0.2, -0.15) is 0 Å². The largest absolute Gasteiger partial charge is 0.496 e. The molecule has 5 aliphatic heterocycles. The summed E-state index contributed by atoms with van der Waals surface area (Å²) in [5.41, 5.74) is 7.54. The summed E-state index contributed by atoms with van der Waals surface area (Å²) in [5, 5.41) is 3.43. The summed E-state index contributed by atoms with van der Waals surface area (Å²) in [4.78, 5) is 19.1. The monoisotopic (exact) mass is 627 g/mol. The SMILES string of the molecule is COc1c(C)cc2c(c1C)[C@@H]1C3Cc4c5c(C)c6c(c4[C@](C)(CNC(=O)C(C)C(C)CC#CCO5)N3C(C)[C@](C)(C2)N1C)OCO6. The van der Waals surface area contributed by atoms with Gasteiger partial charge in [0.05, 0.1) is 18.7 Å². The second-order valence-electron chi connectivity index (χ2n) is 14.8. The molecule has 2 aromatic carbocycles. The summed E-state index contributed by atoms with van der Waals surface area (Å²) in [6, 6.07) is 2.69. The van der Waals surface area contributed by atoms with Gasteiger partial charge in [-0.1, -0.05) is 31.8 Å². The Morgan fingerprint density at radius 2 is 1.76 bits per heavy atom. The molecule has 1 saturated heterocycles. The molecule has 5 aliphatic rings. The number of rotatable bonds is 1. The molecule has 0 aromatic heterocycles. The first-order valence-corrected chi connectivity index (χ1v) is 16.8. The fourth-order valence-corrected chi connectivity index (χ4v) is 9.64. The molecule has 0 radical (unpaired) electrons. The maximum Gasteiger partial charge on any atom is 0.231 e. The predicted octanol–water partition coefficient (Wildman–Crippen LogP) is 5.36. The van der Waals surface area contributed by atoms with Gasteiger partial charge in [-0.15, -0.1) is 0 Å². The van der Waals surface area contributed by atoms with E-state index in [9.17, 15) is 4.79 Å². The number of nitrogens with zero attached hydrogens (tertiary/aromatic N) is 2. The third-order valence-corrected chi connectivity index (χ3v) is 12.5. The van der Waals surface area contributed by atoms with Crippen molar-refractivity contribution in [3.05, 3.63) is 45.0 Å². The molecule has 8 nitrogen and oxygen atoms in total. The first kappa shape index (κ1) is 31.2. The van der Waals surface area contributed by atoms with E-state index in [2.05, 4.69) is 88.5 Å². The number of methoxy groups -OCH3 is 1. The van der Waals surface area contributed by atoms with Crippen LogP contribution in [0.25, 0.3) is 0 Å². The number of benzene rings is 2. The fourth-order valence-electron chi connectivity index (χ4n) is 9.64. The number of likely N-dealkylation sites (N-methyl/N-ethyl adjacent to an activating group) is 1. The average molecular weight is 628 g/mol. The van der Waals surface area contributed by atoms with E-state index >= 15 is 0 Å². The van der Waals surface area contributed by atoms with E-state index < -0.39 is 5.54 Å². The van der Waals surface area contributed by atoms with E-state index in [1.54, 1.807) is 7.11 Å². The van der Waals surface area contributed by atoms with Crippen LogP contribution in [0.5, 0.6) is 23.0 Å². The molecule has 6 bridgehead atoms. The van der Waals surface area contributed by atoms with Crippen LogP contribution in [0.15, 0.2) is 6.07 Å². The van der Waals surface area contributed by atoms with E-state index in [1.165, 1.54) is 22.3 Å². The lowest BCUT2D eigenvalue weighted by atomic mass is 9.64. The molecule has 246 valence electrons. The van der Waals surface area contributed by atoms with Gasteiger partial charge < -0.3 is 24.3 Å². The number of hydrogen-bond donors (Lipinski definition) is 1. The molecule has 7 rings (SSSR count). The van der Waals surface area contributed by atoms with Crippen LogP contribution in [0.4, 0.5) is 0 Å². The van der Waals surface area contributed by atoms with Gasteiger partial charge in [0, 0.05) is 53.2 Å². The molecule has 4 unspecified atom stereocenters. The zero-order valence-electron chi connectivity index (χ0n) is 29.1. The van der Waals surface area contributed by atoms with Crippen molar-refractivity contribution < 1.29 is 23.7 Å². The summed E-state index contributed by atoms with van der Waals surface area (Å²) >= 11 is 0. The summed E-state index contributed by atoms with van der Waals surface area (Å²) in [6.45, 7) is 18.5. The zero-order valence-corrected chi connectivity index (χ0v) is 29.1. The number of carbonyl (C=O) groups excluding carboxylic acids is 1. The lowest BCUT2D eigenvalue weighted by Gasteiger charge is -2.68. The van der Waals surface area contributed by atoms with Gasteiger partial charge in [0.15, 0.2) is 11.5 Å². The minimum atomic E-state index is -0.614. The van der Waals surface area contributed by atoms with Gasteiger partial charge >= 0.3 is 0 Å². The van der Waals surface area contributed by atoms with Crippen LogP contribution in [-0.2, 0) is 23.2 Å². The van der Waals surface area contributed by atoms with Crippen molar-refractivity contribution in [1.82, 2.24) is 15.1 Å². The molecule has 2 aromatic rings. The number of nitrogens with one attached hydrogen (secondary N) is 1. The molecule has 0 aliphatic carbocycles. The van der Waals surface area contributed by atoms with Crippen molar-refractivity contribution in [1.29, 1.82) is 0 Å². The van der Waals surface area contributed by atoms with E-state index in [-0.39, 0.29) is 54.8 Å². The number of hydrogen-bond acceptors (Lipinski definition) is 7. The van der Waals surface area contributed by atoms with Crippen molar-refractivity contribution in [2.45, 2.75) is 104 Å². The topological polar surface area (TPSA) is 72.5 Å². The number of carbonyl (C=O) groups is 1. The molecule has 5 heterocycles. The second-order valence-corrected chi connectivity index (χ2v) is 14.8. The highest BCUT2D eigenvalue weighted by Gasteiger charge is 2.62. The molecular weight excluding hydrogens is 578 g/mol. The number of ether oxygens (including phenoxy) is 4. The highest BCUT2D eigenvalue weighted by Crippen LogP contribution is 2.60. The van der Waals surface area contributed by atoms with E-state index in [4.69, 9.17) is 18.9 Å². The van der Waals surface area contributed by atoms with Crippen LogP contribution in [0.1, 0.15) is 86.0 Å². The first-order valence-electron chi connectivity index (χ1n) is 16.8. The molecule has 46 heavy (non-hydrogen) atoms. The summed E-state index contributed by atoms with van der Waals surface area (Å²) < 4.78 is 25.1. The Morgan fingerprint density at radius 1 is 1.02 bits per heavy atom. The van der Waals surface area contributed by atoms with Crippen molar-refractivity contribution in [3.8, 4) is 34.8 Å². The first-order chi connectivity index (χ1) is 21.8. The number of amides is 1. The second kappa shape index (κ2) is 10.8. The zero-order chi connectivity index (χ0) is 32.9. The highest BCUT2D eigenvalue weighted by molar-refractivity contribution is 5.79. The Balaban J connectivity index is 1.50. The third-order valence-electron chi connectivity index (χ3n) is 12.5. The van der Waals surface area contributed by atoms with Gasteiger partial charge in [0.1, 0.15) is 18.1 Å². The van der Waals surface area contributed by atoms with Crippen molar-refractivity contribution in [2.75, 3.05) is 34.1 Å². The Morgan fingerprint density at radius 3 is 2.50 bits per heavy atom. The Labute approximate surface area is 274 Å². The smallest absolute Gasteiger partial charge is 0.231 e. The molecule has 0 spiro atoms. The van der Waals surface area contributed by atoms with Gasteiger partial charge in [-0.3, -0.25) is 14.6 Å². The summed E-state index contributed by atoms with van der Waals surface area (Å²) in [7, 11) is 4.08. The van der Waals surface area contributed by atoms with Crippen LogP contribution in [0.3, 0.4) is 0 Å². The maximum absolute atomic E-state index is 13.8. The van der Waals surface area contributed by atoms with Gasteiger partial charge in [0.2, 0.25) is 12.7 Å². The Kier molecular flexibility index (Phi) is 7.34. The van der Waals surface area contributed by atoms with Gasteiger partial charge in [0.25, 0.3) is 0 Å². The average Bonchev–Trinajstić information content (AvgIpc) is 3.50. The number of aryl methyl sites for hydroxylation is 1. The van der Waals surface area contributed by atoms with Crippen molar-refractivity contribution >= 4 is 5.91 Å².